The third-order valence-electron chi connectivity index (χ3n) is 3.46. The molecule has 0 aliphatic rings. The van der Waals surface area contributed by atoms with Crippen molar-refractivity contribution in [2.45, 2.75) is 11.9 Å². The van der Waals surface area contributed by atoms with Crippen LogP contribution in [0.1, 0.15) is 15.9 Å². The lowest BCUT2D eigenvalue weighted by molar-refractivity contribution is 0.102. The number of carbonyl (C=O) groups is 1. The molecule has 1 amide bonds. The first-order valence-corrected chi connectivity index (χ1v) is 9.86. The third-order valence-corrected chi connectivity index (χ3v) is 6.28. The number of thiophene rings is 1. The zero-order chi connectivity index (χ0) is 17.3. The SMILES string of the molecule is COc1cc(NC(=O)c2csc3c(SC)ncnc23)cc(C)c1Br. The van der Waals surface area contributed by atoms with Crippen molar-refractivity contribution in [3.8, 4) is 5.75 Å². The van der Waals surface area contributed by atoms with Gasteiger partial charge in [0.05, 0.1) is 27.4 Å². The minimum Gasteiger partial charge on any atom is -0.495 e. The van der Waals surface area contributed by atoms with Gasteiger partial charge >= 0.3 is 0 Å². The van der Waals surface area contributed by atoms with E-state index in [-0.39, 0.29) is 5.91 Å². The molecule has 1 N–H and O–H groups in total. The molecule has 0 bridgehead atoms. The normalized spacial score (nSPS) is 10.8. The highest BCUT2D eigenvalue weighted by Gasteiger charge is 2.17. The zero-order valence-electron chi connectivity index (χ0n) is 13.2. The molecule has 3 rings (SSSR count). The number of rotatable bonds is 4. The van der Waals surface area contributed by atoms with E-state index in [0.29, 0.717) is 22.5 Å². The van der Waals surface area contributed by atoms with Crippen molar-refractivity contribution in [1.82, 2.24) is 9.97 Å². The van der Waals surface area contributed by atoms with Crippen LogP contribution in [-0.4, -0.2) is 29.2 Å². The van der Waals surface area contributed by atoms with Gasteiger partial charge in [-0.1, -0.05) is 0 Å². The average Bonchev–Trinajstić information content (AvgIpc) is 3.02. The molecule has 0 saturated carbocycles. The molecule has 124 valence electrons. The van der Waals surface area contributed by atoms with Crippen LogP contribution in [0, 0.1) is 6.92 Å². The topological polar surface area (TPSA) is 64.1 Å². The number of anilines is 1. The number of hydrogen-bond acceptors (Lipinski definition) is 6. The summed E-state index contributed by atoms with van der Waals surface area (Å²) in [5.74, 6) is 0.475. The summed E-state index contributed by atoms with van der Waals surface area (Å²) in [4.78, 5) is 21.2. The van der Waals surface area contributed by atoms with Crippen molar-refractivity contribution < 1.29 is 9.53 Å². The van der Waals surface area contributed by atoms with E-state index < -0.39 is 0 Å². The van der Waals surface area contributed by atoms with Crippen molar-refractivity contribution in [3.05, 3.63) is 39.4 Å². The summed E-state index contributed by atoms with van der Waals surface area (Å²) >= 11 is 6.49. The number of hydrogen-bond donors (Lipinski definition) is 1. The van der Waals surface area contributed by atoms with Gasteiger partial charge in [-0.15, -0.1) is 23.1 Å². The highest BCUT2D eigenvalue weighted by molar-refractivity contribution is 9.10. The molecule has 5 nitrogen and oxygen atoms in total. The molecule has 0 spiro atoms. The van der Waals surface area contributed by atoms with E-state index in [9.17, 15) is 4.79 Å². The molecule has 3 aromatic rings. The Bertz CT molecular complexity index is 927. The molecule has 0 fully saturated rings. The number of aromatic nitrogens is 2. The number of carbonyl (C=O) groups excluding carboxylic acids is 1. The molecule has 8 heteroatoms. The minimum absolute atomic E-state index is 0.198. The number of benzene rings is 1. The number of amides is 1. The maximum Gasteiger partial charge on any atom is 0.258 e. The number of methoxy groups -OCH3 is 1. The zero-order valence-corrected chi connectivity index (χ0v) is 16.4. The van der Waals surface area contributed by atoms with E-state index in [2.05, 4.69) is 31.2 Å². The number of thioether (sulfide) groups is 1. The molecule has 0 radical (unpaired) electrons. The second-order valence-corrected chi connectivity index (χ2v) is 7.44. The highest BCUT2D eigenvalue weighted by atomic mass is 79.9. The summed E-state index contributed by atoms with van der Waals surface area (Å²) in [7, 11) is 1.60. The van der Waals surface area contributed by atoms with Crippen LogP contribution in [-0.2, 0) is 0 Å². The molecule has 0 atom stereocenters. The Labute approximate surface area is 156 Å². The monoisotopic (exact) mass is 423 g/mol. The predicted octanol–water partition coefficient (Wildman–Crippen LogP) is 4.75. The van der Waals surface area contributed by atoms with E-state index in [4.69, 9.17) is 4.74 Å². The molecule has 0 aliphatic carbocycles. The van der Waals surface area contributed by atoms with Gasteiger partial charge in [0.25, 0.3) is 5.91 Å². The molecule has 24 heavy (non-hydrogen) atoms. The van der Waals surface area contributed by atoms with Crippen LogP contribution >= 0.6 is 39.0 Å². The van der Waals surface area contributed by atoms with E-state index in [1.54, 1.807) is 24.9 Å². The van der Waals surface area contributed by atoms with Crippen molar-refractivity contribution in [2.24, 2.45) is 0 Å². The Balaban J connectivity index is 1.95. The van der Waals surface area contributed by atoms with Gasteiger partial charge in [0.1, 0.15) is 17.1 Å². The van der Waals surface area contributed by atoms with E-state index in [0.717, 1.165) is 19.8 Å². The quantitative estimate of drug-likeness (QED) is 0.484. The summed E-state index contributed by atoms with van der Waals surface area (Å²) in [5.41, 5.74) is 2.88. The predicted molar refractivity (Wildman–Crippen MR) is 103 cm³/mol. The summed E-state index contributed by atoms with van der Waals surface area (Å²) < 4.78 is 7.13. The van der Waals surface area contributed by atoms with Crippen molar-refractivity contribution in [2.75, 3.05) is 18.7 Å². The van der Waals surface area contributed by atoms with Crippen LogP contribution in [0.4, 0.5) is 5.69 Å². The molecule has 0 saturated heterocycles. The summed E-state index contributed by atoms with van der Waals surface area (Å²) in [6, 6.07) is 3.67. The minimum atomic E-state index is -0.198. The number of ether oxygens (including phenoxy) is 1. The number of nitrogens with zero attached hydrogens (tertiary/aromatic N) is 2. The molecule has 1 aromatic carbocycles. The van der Waals surface area contributed by atoms with E-state index in [1.165, 1.54) is 17.7 Å². The number of halogens is 1. The first-order valence-electron chi connectivity index (χ1n) is 6.96. The number of aryl methyl sites for hydroxylation is 1. The van der Waals surface area contributed by atoms with Gasteiger partial charge in [-0.3, -0.25) is 4.79 Å². The third kappa shape index (κ3) is 3.13. The van der Waals surface area contributed by atoms with Crippen LogP contribution in [0.2, 0.25) is 0 Å². The maximum atomic E-state index is 12.7. The van der Waals surface area contributed by atoms with E-state index in [1.807, 2.05) is 24.6 Å². The standard InChI is InChI=1S/C16H14BrN3O2S2/c1-8-4-9(5-11(22-2)12(8)17)20-15(21)10-6-24-14-13(10)18-7-19-16(14)23-3/h4-7H,1-3H3,(H,20,21). The van der Waals surface area contributed by atoms with Gasteiger partial charge in [0.2, 0.25) is 0 Å². The molecular formula is C16H14BrN3O2S2. The van der Waals surface area contributed by atoms with Crippen LogP contribution < -0.4 is 10.1 Å². The lowest BCUT2D eigenvalue weighted by Crippen LogP contribution is -2.12. The van der Waals surface area contributed by atoms with Gasteiger partial charge in [0.15, 0.2) is 0 Å². The van der Waals surface area contributed by atoms with Crippen molar-refractivity contribution in [3.63, 3.8) is 0 Å². The highest BCUT2D eigenvalue weighted by Crippen LogP contribution is 2.33. The Morgan fingerprint density at radius 1 is 1.38 bits per heavy atom. The van der Waals surface area contributed by atoms with Gasteiger partial charge in [0, 0.05) is 17.1 Å². The fourth-order valence-corrected chi connectivity index (χ4v) is 4.39. The van der Waals surface area contributed by atoms with Gasteiger partial charge < -0.3 is 10.1 Å². The molecule has 2 aromatic heterocycles. The van der Waals surface area contributed by atoms with Gasteiger partial charge in [-0.05, 0) is 40.7 Å². The second kappa shape index (κ2) is 7.08. The summed E-state index contributed by atoms with van der Waals surface area (Å²) in [6.07, 6.45) is 3.45. The smallest absolute Gasteiger partial charge is 0.258 e. The molecule has 0 aliphatic heterocycles. The Morgan fingerprint density at radius 2 is 2.17 bits per heavy atom. The van der Waals surface area contributed by atoms with Gasteiger partial charge in [-0.25, -0.2) is 9.97 Å². The van der Waals surface area contributed by atoms with E-state index >= 15 is 0 Å². The Kier molecular flexibility index (Phi) is 5.07. The second-order valence-electron chi connectivity index (χ2n) is 4.97. The van der Waals surface area contributed by atoms with Crippen LogP contribution in [0.15, 0.2) is 33.3 Å². The van der Waals surface area contributed by atoms with Crippen molar-refractivity contribution in [1.29, 1.82) is 0 Å². The summed E-state index contributed by atoms with van der Waals surface area (Å²) in [5, 5.41) is 5.61. The fraction of sp³-hybridized carbons (Fsp3) is 0.188. The molecule has 0 unspecified atom stereocenters. The number of fused-ring (bicyclic) bond motifs is 1. The maximum absolute atomic E-state index is 12.7. The Morgan fingerprint density at radius 3 is 2.88 bits per heavy atom. The molecular weight excluding hydrogens is 410 g/mol. The molecule has 2 heterocycles. The van der Waals surface area contributed by atoms with Crippen LogP contribution in [0.5, 0.6) is 5.75 Å². The largest absolute Gasteiger partial charge is 0.495 e. The first-order chi connectivity index (χ1) is 11.5. The average molecular weight is 424 g/mol. The Hall–Kier alpha value is -1.64. The lowest BCUT2D eigenvalue weighted by Gasteiger charge is -2.11. The van der Waals surface area contributed by atoms with Crippen LogP contribution in [0.25, 0.3) is 10.2 Å². The lowest BCUT2D eigenvalue weighted by atomic mass is 10.2. The summed E-state index contributed by atoms with van der Waals surface area (Å²) in [6.45, 7) is 1.94. The van der Waals surface area contributed by atoms with Crippen molar-refractivity contribution >= 4 is 60.8 Å². The number of nitrogens with one attached hydrogen (secondary N) is 1. The van der Waals surface area contributed by atoms with Crippen LogP contribution in [0.3, 0.4) is 0 Å². The van der Waals surface area contributed by atoms with Gasteiger partial charge in [-0.2, -0.15) is 0 Å². The fourth-order valence-electron chi connectivity index (χ4n) is 2.29. The first kappa shape index (κ1) is 17.2.